The van der Waals surface area contributed by atoms with Gasteiger partial charge < -0.3 is 10.5 Å². The number of hydrogen-bond donors (Lipinski definition) is 1. The van der Waals surface area contributed by atoms with Crippen molar-refractivity contribution in [1.82, 2.24) is 4.98 Å². The first-order valence-electron chi connectivity index (χ1n) is 4.23. The van der Waals surface area contributed by atoms with Crippen LogP contribution < -0.4 is 5.73 Å². The van der Waals surface area contributed by atoms with Crippen molar-refractivity contribution >= 4 is 23.5 Å². The van der Waals surface area contributed by atoms with Crippen LogP contribution in [0.4, 0.5) is 5.82 Å². The van der Waals surface area contributed by atoms with Gasteiger partial charge in [-0.25, -0.2) is 4.98 Å². The van der Waals surface area contributed by atoms with Gasteiger partial charge in [0.1, 0.15) is 5.82 Å². The maximum atomic E-state index is 11.0. The number of esters is 1. The monoisotopic (exact) mass is 212 g/mol. The highest BCUT2D eigenvalue weighted by molar-refractivity contribution is 7.99. The zero-order valence-electron chi connectivity index (χ0n) is 7.90. The van der Waals surface area contributed by atoms with Crippen LogP contribution in [0, 0.1) is 0 Å². The van der Waals surface area contributed by atoms with Crippen molar-refractivity contribution in [3.8, 4) is 0 Å². The van der Waals surface area contributed by atoms with Gasteiger partial charge in [-0.2, -0.15) is 0 Å². The van der Waals surface area contributed by atoms with Gasteiger partial charge in [0, 0.05) is 0 Å². The fourth-order valence-electron chi connectivity index (χ4n) is 0.847. The highest BCUT2D eigenvalue weighted by Gasteiger charge is 2.03. The Morgan fingerprint density at radius 2 is 2.43 bits per heavy atom. The highest BCUT2D eigenvalue weighted by Crippen LogP contribution is 2.15. The standard InChI is InChI=1S/C9H12N2O2S/c1-2-13-9(12)6-14-8-5-3-4-7(10)11-8/h3-5H,2,6H2,1H3,(H2,10,11). The predicted octanol–water partition coefficient (Wildman–Crippen LogP) is 1.32. The molecule has 0 aliphatic heterocycles. The van der Waals surface area contributed by atoms with Crippen molar-refractivity contribution in [2.24, 2.45) is 0 Å². The third-order valence-corrected chi connectivity index (χ3v) is 2.29. The van der Waals surface area contributed by atoms with E-state index in [1.54, 1.807) is 25.1 Å². The molecular formula is C9H12N2O2S. The van der Waals surface area contributed by atoms with Crippen LogP contribution in [0.25, 0.3) is 0 Å². The summed E-state index contributed by atoms with van der Waals surface area (Å²) in [6.07, 6.45) is 0. The van der Waals surface area contributed by atoms with E-state index in [4.69, 9.17) is 10.5 Å². The minimum absolute atomic E-state index is 0.235. The first-order valence-corrected chi connectivity index (χ1v) is 5.22. The average molecular weight is 212 g/mol. The number of nitrogens with two attached hydrogens (primary N) is 1. The van der Waals surface area contributed by atoms with E-state index in [0.717, 1.165) is 5.03 Å². The Kier molecular flexibility index (Phi) is 4.25. The van der Waals surface area contributed by atoms with Crippen molar-refractivity contribution in [3.05, 3.63) is 18.2 Å². The zero-order chi connectivity index (χ0) is 10.4. The lowest BCUT2D eigenvalue weighted by molar-refractivity contribution is -0.139. The third kappa shape index (κ3) is 3.66. The van der Waals surface area contributed by atoms with Crippen molar-refractivity contribution in [2.75, 3.05) is 18.1 Å². The molecule has 0 radical (unpaired) electrons. The average Bonchev–Trinajstić information content (AvgIpc) is 2.15. The molecule has 0 spiro atoms. The number of aromatic nitrogens is 1. The van der Waals surface area contributed by atoms with E-state index in [2.05, 4.69) is 4.98 Å². The molecule has 1 rings (SSSR count). The molecule has 0 aliphatic rings. The van der Waals surface area contributed by atoms with Crippen molar-refractivity contribution < 1.29 is 9.53 Å². The third-order valence-electron chi connectivity index (χ3n) is 1.39. The van der Waals surface area contributed by atoms with Crippen LogP contribution in [0.1, 0.15) is 6.92 Å². The van der Waals surface area contributed by atoms with E-state index in [-0.39, 0.29) is 11.7 Å². The van der Waals surface area contributed by atoms with Gasteiger partial charge in [-0.05, 0) is 19.1 Å². The van der Waals surface area contributed by atoms with E-state index in [1.807, 2.05) is 0 Å². The van der Waals surface area contributed by atoms with Crippen molar-refractivity contribution in [2.45, 2.75) is 11.9 Å². The van der Waals surface area contributed by atoms with Crippen LogP contribution in [0.3, 0.4) is 0 Å². The minimum atomic E-state index is -0.235. The van der Waals surface area contributed by atoms with Gasteiger partial charge in [0.05, 0.1) is 17.4 Å². The number of hydrogen-bond acceptors (Lipinski definition) is 5. The van der Waals surface area contributed by atoms with Crippen LogP contribution >= 0.6 is 11.8 Å². The Bertz CT molecular complexity index is 317. The van der Waals surface area contributed by atoms with E-state index in [1.165, 1.54) is 11.8 Å². The lowest BCUT2D eigenvalue weighted by Crippen LogP contribution is -2.06. The second-order valence-electron chi connectivity index (χ2n) is 2.49. The second kappa shape index (κ2) is 5.49. The summed E-state index contributed by atoms with van der Waals surface area (Å²) in [5, 5.41) is 0.734. The molecule has 1 aromatic rings. The van der Waals surface area contributed by atoms with Crippen LogP contribution in [-0.2, 0) is 9.53 Å². The number of ether oxygens (including phenoxy) is 1. The van der Waals surface area contributed by atoms with E-state index in [0.29, 0.717) is 12.4 Å². The quantitative estimate of drug-likeness (QED) is 0.602. The molecule has 0 bridgehead atoms. The van der Waals surface area contributed by atoms with Crippen molar-refractivity contribution in [3.63, 3.8) is 0 Å². The molecule has 0 atom stereocenters. The molecule has 5 heteroatoms. The maximum absolute atomic E-state index is 11.0. The second-order valence-corrected chi connectivity index (χ2v) is 3.49. The smallest absolute Gasteiger partial charge is 0.316 e. The van der Waals surface area contributed by atoms with Crippen LogP contribution in [0.15, 0.2) is 23.2 Å². The van der Waals surface area contributed by atoms with Gasteiger partial charge in [0.2, 0.25) is 0 Å². The molecule has 76 valence electrons. The molecular weight excluding hydrogens is 200 g/mol. The molecule has 2 N–H and O–H groups in total. The fourth-order valence-corrected chi connectivity index (χ4v) is 1.54. The Morgan fingerprint density at radius 3 is 3.07 bits per heavy atom. The Balaban J connectivity index is 2.41. The number of nitrogen functional groups attached to an aromatic ring is 1. The summed E-state index contributed by atoms with van der Waals surface area (Å²) in [5.74, 6) is 0.491. The van der Waals surface area contributed by atoms with Gasteiger partial charge in [-0.1, -0.05) is 17.8 Å². The molecule has 0 fully saturated rings. The molecule has 14 heavy (non-hydrogen) atoms. The molecule has 0 saturated carbocycles. The van der Waals surface area contributed by atoms with Gasteiger partial charge in [-0.3, -0.25) is 4.79 Å². The number of anilines is 1. The summed E-state index contributed by atoms with van der Waals surface area (Å²) in [5.41, 5.74) is 5.48. The Labute approximate surface area is 86.8 Å². The summed E-state index contributed by atoms with van der Waals surface area (Å²) in [4.78, 5) is 15.0. The van der Waals surface area contributed by atoms with Gasteiger partial charge in [-0.15, -0.1) is 0 Å². The molecule has 0 saturated heterocycles. The van der Waals surface area contributed by atoms with Gasteiger partial charge in [0.25, 0.3) is 0 Å². The molecule has 0 unspecified atom stereocenters. The number of thioether (sulfide) groups is 1. The maximum Gasteiger partial charge on any atom is 0.316 e. The molecule has 1 heterocycles. The molecule has 0 aromatic carbocycles. The predicted molar refractivity (Wildman–Crippen MR) is 56.0 cm³/mol. The van der Waals surface area contributed by atoms with E-state index >= 15 is 0 Å². The molecule has 0 amide bonds. The number of carbonyl (C=O) groups excluding carboxylic acids is 1. The number of pyridine rings is 1. The topological polar surface area (TPSA) is 65.2 Å². The Morgan fingerprint density at radius 1 is 1.64 bits per heavy atom. The number of carbonyl (C=O) groups is 1. The first kappa shape index (κ1) is 10.8. The molecule has 4 nitrogen and oxygen atoms in total. The number of nitrogens with zero attached hydrogens (tertiary/aromatic N) is 1. The number of rotatable bonds is 4. The van der Waals surface area contributed by atoms with Gasteiger partial charge in [0.15, 0.2) is 0 Å². The normalized spacial score (nSPS) is 9.79. The fraction of sp³-hybridized carbons (Fsp3) is 0.333. The van der Waals surface area contributed by atoms with Crippen LogP contribution in [0.2, 0.25) is 0 Å². The van der Waals surface area contributed by atoms with Gasteiger partial charge >= 0.3 is 5.97 Å². The SMILES string of the molecule is CCOC(=O)CSc1cccc(N)n1. The largest absolute Gasteiger partial charge is 0.465 e. The summed E-state index contributed by atoms with van der Waals surface area (Å²) in [6, 6.07) is 5.31. The van der Waals surface area contributed by atoms with E-state index in [9.17, 15) is 4.79 Å². The van der Waals surface area contributed by atoms with E-state index < -0.39 is 0 Å². The summed E-state index contributed by atoms with van der Waals surface area (Å²) in [7, 11) is 0. The molecule has 0 aliphatic carbocycles. The zero-order valence-corrected chi connectivity index (χ0v) is 8.71. The first-order chi connectivity index (χ1) is 6.72. The van der Waals surface area contributed by atoms with Crippen LogP contribution in [0.5, 0.6) is 0 Å². The Hall–Kier alpha value is -1.23. The summed E-state index contributed by atoms with van der Waals surface area (Å²) >= 11 is 1.32. The lowest BCUT2D eigenvalue weighted by Gasteiger charge is -2.01. The minimum Gasteiger partial charge on any atom is -0.465 e. The van der Waals surface area contributed by atoms with Crippen LogP contribution in [-0.4, -0.2) is 23.3 Å². The lowest BCUT2D eigenvalue weighted by atomic mass is 10.5. The van der Waals surface area contributed by atoms with Crippen molar-refractivity contribution in [1.29, 1.82) is 0 Å². The highest BCUT2D eigenvalue weighted by atomic mass is 32.2. The summed E-state index contributed by atoms with van der Waals surface area (Å²) < 4.78 is 4.78. The molecule has 1 aromatic heterocycles. The summed E-state index contributed by atoms with van der Waals surface area (Å²) in [6.45, 7) is 2.19.